The molecule has 1 atom stereocenters. The fourth-order valence-electron chi connectivity index (χ4n) is 1.51. The lowest BCUT2D eigenvalue weighted by atomic mass is 10.1. The molecule has 1 amide bonds. The predicted molar refractivity (Wildman–Crippen MR) is 80.1 cm³/mol. The average Bonchev–Trinajstić information content (AvgIpc) is 2.42. The number of ether oxygens (including phenoxy) is 1. The number of carbonyl (C=O) groups is 1. The van der Waals surface area contributed by atoms with Gasteiger partial charge in [0, 0.05) is 19.0 Å². The molecule has 108 valence electrons. The van der Waals surface area contributed by atoms with Crippen LogP contribution in [0.1, 0.15) is 18.9 Å². The van der Waals surface area contributed by atoms with Crippen molar-refractivity contribution in [1.82, 2.24) is 10.6 Å². The average molecular weight is 287 g/mol. The first-order valence-electron chi connectivity index (χ1n) is 6.22. The van der Waals surface area contributed by atoms with Crippen molar-refractivity contribution in [2.75, 3.05) is 20.7 Å². The van der Waals surface area contributed by atoms with Gasteiger partial charge in [-0.25, -0.2) is 0 Å². The van der Waals surface area contributed by atoms with E-state index in [0.717, 1.165) is 17.7 Å². The molecule has 19 heavy (non-hydrogen) atoms. The summed E-state index contributed by atoms with van der Waals surface area (Å²) in [6, 6.07) is 8.10. The van der Waals surface area contributed by atoms with Gasteiger partial charge < -0.3 is 15.4 Å². The van der Waals surface area contributed by atoms with Crippen LogP contribution in [0.15, 0.2) is 24.3 Å². The maximum Gasteiger partial charge on any atom is 0.220 e. The zero-order valence-electron chi connectivity index (χ0n) is 11.7. The normalized spacial score (nSPS) is 11.3. The number of hydrogen-bond acceptors (Lipinski definition) is 3. The van der Waals surface area contributed by atoms with Gasteiger partial charge >= 0.3 is 0 Å². The molecule has 0 aliphatic carbocycles. The second kappa shape index (κ2) is 9.64. The molecular weight excluding hydrogens is 264 g/mol. The van der Waals surface area contributed by atoms with E-state index in [9.17, 15) is 4.79 Å². The van der Waals surface area contributed by atoms with Crippen LogP contribution in [0.4, 0.5) is 0 Å². The highest BCUT2D eigenvalue weighted by atomic mass is 35.5. The van der Waals surface area contributed by atoms with Crippen molar-refractivity contribution in [2.45, 2.75) is 25.8 Å². The van der Waals surface area contributed by atoms with Gasteiger partial charge in [-0.15, -0.1) is 12.4 Å². The van der Waals surface area contributed by atoms with Gasteiger partial charge in [0.1, 0.15) is 5.75 Å². The standard InChI is InChI=1S/C14H22N2O2.ClH/c1-11(15-2)10-16-14(17)9-6-12-4-7-13(18-3)8-5-12;/h4-5,7-8,11,15H,6,9-10H2,1-3H3,(H,16,17);1H. The molecule has 1 aromatic rings. The molecule has 2 N–H and O–H groups in total. The Hall–Kier alpha value is -1.26. The van der Waals surface area contributed by atoms with E-state index in [1.807, 2.05) is 38.2 Å². The molecule has 0 aliphatic heterocycles. The van der Waals surface area contributed by atoms with E-state index in [0.29, 0.717) is 19.0 Å². The summed E-state index contributed by atoms with van der Waals surface area (Å²) in [5.41, 5.74) is 1.15. The summed E-state index contributed by atoms with van der Waals surface area (Å²) in [7, 11) is 3.53. The van der Waals surface area contributed by atoms with E-state index in [1.165, 1.54) is 0 Å². The van der Waals surface area contributed by atoms with Gasteiger partial charge in [-0.1, -0.05) is 12.1 Å². The zero-order valence-corrected chi connectivity index (χ0v) is 12.5. The summed E-state index contributed by atoms with van der Waals surface area (Å²) >= 11 is 0. The number of hydrogen-bond donors (Lipinski definition) is 2. The largest absolute Gasteiger partial charge is 0.497 e. The summed E-state index contributed by atoms with van der Waals surface area (Å²) in [6.45, 7) is 2.70. The van der Waals surface area contributed by atoms with Crippen molar-refractivity contribution in [3.63, 3.8) is 0 Å². The minimum Gasteiger partial charge on any atom is -0.497 e. The molecule has 0 aromatic heterocycles. The minimum atomic E-state index is 0. The molecular formula is C14H23ClN2O2. The van der Waals surface area contributed by atoms with Crippen LogP contribution in [-0.2, 0) is 11.2 Å². The second-order valence-corrected chi connectivity index (χ2v) is 4.34. The molecule has 0 bridgehead atoms. The number of aryl methyl sites for hydroxylation is 1. The number of nitrogens with one attached hydrogen (secondary N) is 2. The highest BCUT2D eigenvalue weighted by molar-refractivity contribution is 5.85. The Morgan fingerprint density at radius 2 is 1.95 bits per heavy atom. The lowest BCUT2D eigenvalue weighted by Crippen LogP contribution is -2.37. The van der Waals surface area contributed by atoms with E-state index in [2.05, 4.69) is 10.6 Å². The third kappa shape index (κ3) is 7.03. The molecule has 1 rings (SSSR count). The van der Waals surface area contributed by atoms with Crippen LogP contribution in [-0.4, -0.2) is 32.7 Å². The molecule has 0 saturated heterocycles. The minimum absolute atomic E-state index is 0. The first-order valence-corrected chi connectivity index (χ1v) is 6.22. The van der Waals surface area contributed by atoms with E-state index in [1.54, 1.807) is 7.11 Å². The third-order valence-corrected chi connectivity index (χ3v) is 2.90. The molecule has 4 nitrogen and oxygen atoms in total. The number of methoxy groups -OCH3 is 1. The summed E-state index contributed by atoms with van der Waals surface area (Å²) in [5.74, 6) is 0.930. The molecule has 1 aromatic carbocycles. The maximum absolute atomic E-state index is 11.6. The molecule has 0 heterocycles. The van der Waals surface area contributed by atoms with Crippen molar-refractivity contribution in [3.8, 4) is 5.75 Å². The summed E-state index contributed by atoms with van der Waals surface area (Å²) in [6.07, 6.45) is 1.27. The summed E-state index contributed by atoms with van der Waals surface area (Å²) in [5, 5.41) is 5.98. The topological polar surface area (TPSA) is 50.4 Å². The van der Waals surface area contributed by atoms with Crippen LogP contribution < -0.4 is 15.4 Å². The molecule has 0 saturated carbocycles. The molecule has 1 unspecified atom stereocenters. The van der Waals surface area contributed by atoms with E-state index < -0.39 is 0 Å². The van der Waals surface area contributed by atoms with Gasteiger partial charge in [-0.05, 0) is 38.1 Å². The Balaban J connectivity index is 0.00000324. The Kier molecular flexibility index (Phi) is 9.00. The Labute approximate surface area is 121 Å². The van der Waals surface area contributed by atoms with Gasteiger partial charge in [0.2, 0.25) is 5.91 Å². The van der Waals surface area contributed by atoms with Crippen molar-refractivity contribution in [3.05, 3.63) is 29.8 Å². The third-order valence-electron chi connectivity index (χ3n) is 2.90. The number of amides is 1. The van der Waals surface area contributed by atoms with Crippen molar-refractivity contribution in [1.29, 1.82) is 0 Å². The monoisotopic (exact) mass is 286 g/mol. The van der Waals surface area contributed by atoms with Crippen molar-refractivity contribution < 1.29 is 9.53 Å². The molecule has 0 spiro atoms. The maximum atomic E-state index is 11.6. The van der Waals surface area contributed by atoms with Crippen LogP contribution in [0.25, 0.3) is 0 Å². The van der Waals surface area contributed by atoms with E-state index >= 15 is 0 Å². The predicted octanol–water partition coefficient (Wildman–Crippen LogP) is 1.77. The van der Waals surface area contributed by atoms with Crippen molar-refractivity contribution >= 4 is 18.3 Å². The lowest BCUT2D eigenvalue weighted by Gasteiger charge is -2.11. The number of rotatable bonds is 7. The number of carbonyl (C=O) groups excluding carboxylic acids is 1. The number of halogens is 1. The first-order chi connectivity index (χ1) is 8.65. The van der Waals surface area contributed by atoms with Gasteiger partial charge in [0.15, 0.2) is 0 Å². The van der Waals surface area contributed by atoms with Crippen molar-refractivity contribution in [2.24, 2.45) is 0 Å². The number of benzene rings is 1. The smallest absolute Gasteiger partial charge is 0.220 e. The van der Waals surface area contributed by atoms with Gasteiger partial charge in [0.05, 0.1) is 7.11 Å². The molecule has 0 fully saturated rings. The highest BCUT2D eigenvalue weighted by Gasteiger charge is 2.04. The van der Waals surface area contributed by atoms with E-state index in [4.69, 9.17) is 4.74 Å². The zero-order chi connectivity index (χ0) is 13.4. The van der Waals surface area contributed by atoms with Crippen LogP contribution in [0.2, 0.25) is 0 Å². The first kappa shape index (κ1) is 17.7. The molecule has 0 radical (unpaired) electrons. The Bertz CT molecular complexity index is 368. The summed E-state index contributed by atoms with van der Waals surface area (Å²) in [4.78, 5) is 11.6. The fraction of sp³-hybridized carbons (Fsp3) is 0.500. The fourth-order valence-corrected chi connectivity index (χ4v) is 1.51. The van der Waals surface area contributed by atoms with Crippen LogP contribution in [0.5, 0.6) is 5.75 Å². The highest BCUT2D eigenvalue weighted by Crippen LogP contribution is 2.12. The van der Waals surface area contributed by atoms with E-state index in [-0.39, 0.29) is 18.3 Å². The quantitative estimate of drug-likeness (QED) is 0.803. The molecule has 0 aliphatic rings. The SMILES string of the molecule is CNC(C)CNC(=O)CCc1ccc(OC)cc1.Cl. The lowest BCUT2D eigenvalue weighted by molar-refractivity contribution is -0.121. The van der Waals surface area contributed by atoms with Crippen LogP contribution in [0, 0.1) is 0 Å². The van der Waals surface area contributed by atoms with Gasteiger partial charge in [0.25, 0.3) is 0 Å². The Morgan fingerprint density at radius 1 is 1.32 bits per heavy atom. The second-order valence-electron chi connectivity index (χ2n) is 4.34. The molecule has 5 heteroatoms. The van der Waals surface area contributed by atoms with Gasteiger partial charge in [-0.3, -0.25) is 4.79 Å². The van der Waals surface area contributed by atoms with Crippen LogP contribution >= 0.6 is 12.4 Å². The Morgan fingerprint density at radius 3 is 2.47 bits per heavy atom. The summed E-state index contributed by atoms with van der Waals surface area (Å²) < 4.78 is 5.09. The van der Waals surface area contributed by atoms with Crippen LogP contribution in [0.3, 0.4) is 0 Å². The van der Waals surface area contributed by atoms with Gasteiger partial charge in [-0.2, -0.15) is 0 Å². The number of likely N-dealkylation sites (N-methyl/N-ethyl adjacent to an activating group) is 1.